The van der Waals surface area contributed by atoms with Gasteiger partial charge < -0.3 is 40.0 Å². The highest BCUT2D eigenvalue weighted by molar-refractivity contribution is 5.88. The van der Waals surface area contributed by atoms with E-state index in [9.17, 15) is 30.2 Å². The van der Waals surface area contributed by atoms with E-state index in [1.165, 1.54) is 16.6 Å². The predicted molar refractivity (Wildman–Crippen MR) is 132 cm³/mol. The van der Waals surface area contributed by atoms with Gasteiger partial charge in [-0.1, -0.05) is 34.6 Å². The molecule has 1 fully saturated rings. The molecule has 1 aliphatic rings. The van der Waals surface area contributed by atoms with Gasteiger partial charge in [-0.15, -0.1) is 0 Å². The van der Waals surface area contributed by atoms with E-state index in [1.54, 1.807) is 34.6 Å². The highest BCUT2D eigenvalue weighted by atomic mass is 16.7. The number of nitrogens with zero attached hydrogens (tertiary/aromatic N) is 4. The maximum Gasteiger partial charge on any atom is 0.414 e. The van der Waals surface area contributed by atoms with Gasteiger partial charge in [-0.2, -0.15) is 10.4 Å². The fourth-order valence-corrected chi connectivity index (χ4v) is 3.72. The standard InChI is InChI=1S/C24H34N6O9/c1-12(2)20(33)37-11-38-22(35)29-19-13-6-7-15(30(13)28-10-27-19)24(9-25)18(32)16(31)14(39-24)8-36-21(34)17(26)23(3,4)5/h6-7,10,12,14,16-18,20,31-33H,8,11,26H2,1-5H3,(H,27,28,29,35)/t14-,16-,17-,18-,20?,24+/m1/s1. The molecule has 2 aromatic rings. The number of hydrogen-bond acceptors (Lipinski definition) is 13. The molecule has 1 saturated heterocycles. The fourth-order valence-electron chi connectivity index (χ4n) is 3.72. The Hall–Kier alpha value is -3.39. The van der Waals surface area contributed by atoms with Gasteiger partial charge in [0.15, 0.2) is 18.9 Å². The molecule has 0 aliphatic carbocycles. The van der Waals surface area contributed by atoms with E-state index in [0.717, 1.165) is 6.33 Å². The lowest BCUT2D eigenvalue weighted by molar-refractivity contribution is -0.170. The summed E-state index contributed by atoms with van der Waals surface area (Å²) in [6.45, 7) is 7.76. The van der Waals surface area contributed by atoms with E-state index in [-0.39, 0.29) is 22.9 Å². The number of aliphatic hydroxyl groups excluding tert-OH is 3. The van der Waals surface area contributed by atoms with E-state index >= 15 is 0 Å². The molecule has 214 valence electrons. The molecular formula is C24H34N6O9. The number of fused-ring (bicyclic) bond motifs is 1. The molecule has 0 radical (unpaired) electrons. The minimum atomic E-state index is -2.11. The predicted octanol–water partition coefficient (Wildman–Crippen LogP) is -0.0176. The van der Waals surface area contributed by atoms with Crippen LogP contribution in [0.2, 0.25) is 0 Å². The lowest BCUT2D eigenvalue weighted by atomic mass is 9.87. The number of amides is 1. The summed E-state index contributed by atoms with van der Waals surface area (Å²) in [6, 6.07) is 3.81. The minimum Gasteiger partial charge on any atom is -0.462 e. The first kappa shape index (κ1) is 30.2. The molecular weight excluding hydrogens is 516 g/mol. The van der Waals surface area contributed by atoms with E-state index in [1.807, 2.05) is 6.07 Å². The number of rotatable bonds is 9. The third-order valence-electron chi connectivity index (χ3n) is 6.25. The zero-order valence-electron chi connectivity index (χ0n) is 22.3. The monoisotopic (exact) mass is 550 g/mol. The summed E-state index contributed by atoms with van der Waals surface area (Å²) in [5, 5.41) is 47.7. The number of nitrogens with one attached hydrogen (secondary N) is 1. The van der Waals surface area contributed by atoms with Crippen LogP contribution < -0.4 is 11.1 Å². The van der Waals surface area contributed by atoms with Crippen molar-refractivity contribution in [2.75, 3.05) is 18.7 Å². The molecule has 0 bridgehead atoms. The summed E-state index contributed by atoms with van der Waals surface area (Å²) >= 11 is 0. The molecule has 0 aromatic carbocycles. The number of carbonyl (C=O) groups excluding carboxylic acids is 2. The first-order chi connectivity index (χ1) is 18.2. The molecule has 6 N–H and O–H groups in total. The lowest BCUT2D eigenvalue weighted by Gasteiger charge is -2.26. The highest BCUT2D eigenvalue weighted by Crippen LogP contribution is 2.40. The van der Waals surface area contributed by atoms with Gasteiger partial charge in [-0.3, -0.25) is 10.1 Å². The molecule has 1 amide bonds. The molecule has 1 unspecified atom stereocenters. The zero-order valence-corrected chi connectivity index (χ0v) is 22.3. The maximum atomic E-state index is 12.3. The van der Waals surface area contributed by atoms with Crippen molar-refractivity contribution >= 4 is 23.4 Å². The average molecular weight is 551 g/mol. The van der Waals surface area contributed by atoms with Crippen molar-refractivity contribution in [2.24, 2.45) is 17.1 Å². The number of anilines is 1. The topological polar surface area (TPSA) is 224 Å². The van der Waals surface area contributed by atoms with Crippen LogP contribution >= 0.6 is 0 Å². The van der Waals surface area contributed by atoms with E-state index < -0.39 is 67.1 Å². The van der Waals surface area contributed by atoms with Gasteiger partial charge in [0, 0.05) is 5.92 Å². The van der Waals surface area contributed by atoms with Crippen LogP contribution in [0.25, 0.3) is 5.52 Å². The number of ether oxygens (including phenoxy) is 4. The zero-order chi connectivity index (χ0) is 29.1. The number of nitriles is 1. The maximum absolute atomic E-state index is 12.3. The quantitative estimate of drug-likeness (QED) is 0.205. The molecule has 15 nitrogen and oxygen atoms in total. The number of aliphatic hydroxyl groups is 3. The number of carbonyl (C=O) groups is 2. The SMILES string of the molecule is CC(C)C(O)OCOC(=O)Nc1ncnn2c([C@]3(C#N)O[C@H](COC(=O)[C@@H](N)C(C)(C)C)[C@@H](O)[C@H]3O)ccc12. The molecule has 1 aliphatic heterocycles. The molecule has 3 heterocycles. The van der Waals surface area contributed by atoms with Crippen LogP contribution in [0.1, 0.15) is 40.3 Å². The van der Waals surface area contributed by atoms with Gasteiger partial charge >= 0.3 is 12.1 Å². The molecule has 15 heteroatoms. The Labute approximate surface area is 224 Å². The van der Waals surface area contributed by atoms with Crippen molar-refractivity contribution < 1.29 is 43.9 Å². The lowest BCUT2D eigenvalue weighted by Crippen LogP contribution is -2.44. The third kappa shape index (κ3) is 6.27. The Morgan fingerprint density at radius 1 is 1.31 bits per heavy atom. The van der Waals surface area contributed by atoms with Crippen molar-refractivity contribution in [2.45, 2.75) is 70.9 Å². The Morgan fingerprint density at radius 2 is 2.00 bits per heavy atom. The molecule has 6 atom stereocenters. The first-order valence-electron chi connectivity index (χ1n) is 12.2. The molecule has 3 rings (SSSR count). The second kappa shape index (κ2) is 11.8. The summed E-state index contributed by atoms with van der Waals surface area (Å²) in [5.74, 6) is -0.938. The van der Waals surface area contributed by atoms with Crippen LogP contribution in [-0.2, 0) is 29.3 Å². The van der Waals surface area contributed by atoms with Crippen molar-refractivity contribution in [3.8, 4) is 6.07 Å². The van der Waals surface area contributed by atoms with Crippen LogP contribution in [0.5, 0.6) is 0 Å². The van der Waals surface area contributed by atoms with E-state index in [2.05, 4.69) is 15.4 Å². The highest BCUT2D eigenvalue weighted by Gasteiger charge is 2.58. The third-order valence-corrected chi connectivity index (χ3v) is 6.25. The smallest absolute Gasteiger partial charge is 0.414 e. The van der Waals surface area contributed by atoms with Gasteiger partial charge in [0.05, 0.1) is 5.69 Å². The van der Waals surface area contributed by atoms with Crippen LogP contribution in [-0.4, -0.2) is 86.0 Å². The van der Waals surface area contributed by atoms with Gasteiger partial charge in [-0.05, 0) is 17.5 Å². The summed E-state index contributed by atoms with van der Waals surface area (Å²) in [4.78, 5) is 28.5. The Bertz CT molecular complexity index is 1220. The van der Waals surface area contributed by atoms with Crippen molar-refractivity contribution in [1.29, 1.82) is 5.26 Å². The molecule has 0 saturated carbocycles. The van der Waals surface area contributed by atoms with Gasteiger partial charge in [0.2, 0.25) is 5.60 Å². The Balaban J connectivity index is 1.78. The van der Waals surface area contributed by atoms with Gasteiger partial charge in [0.25, 0.3) is 0 Å². The van der Waals surface area contributed by atoms with Crippen LogP contribution in [0.15, 0.2) is 18.5 Å². The summed E-state index contributed by atoms with van der Waals surface area (Å²) in [5.41, 5.74) is 3.45. The van der Waals surface area contributed by atoms with Crippen LogP contribution in [0, 0.1) is 22.7 Å². The van der Waals surface area contributed by atoms with Crippen molar-refractivity contribution in [3.05, 3.63) is 24.2 Å². The molecule has 2 aromatic heterocycles. The Kier molecular flexibility index (Phi) is 9.11. The van der Waals surface area contributed by atoms with Crippen molar-refractivity contribution in [3.63, 3.8) is 0 Å². The number of nitrogens with two attached hydrogens (primary N) is 1. The van der Waals surface area contributed by atoms with Gasteiger partial charge in [-0.25, -0.2) is 14.3 Å². The van der Waals surface area contributed by atoms with Crippen LogP contribution in [0.4, 0.5) is 10.6 Å². The molecule has 0 spiro atoms. The van der Waals surface area contributed by atoms with Crippen molar-refractivity contribution in [1.82, 2.24) is 14.6 Å². The first-order valence-corrected chi connectivity index (χ1v) is 12.2. The fraction of sp³-hybridized carbons (Fsp3) is 0.625. The van der Waals surface area contributed by atoms with E-state index in [4.69, 9.17) is 24.7 Å². The largest absolute Gasteiger partial charge is 0.462 e. The summed E-state index contributed by atoms with van der Waals surface area (Å²) < 4.78 is 22.1. The second-order valence-electron chi connectivity index (χ2n) is 10.5. The number of hydrogen-bond donors (Lipinski definition) is 5. The summed E-state index contributed by atoms with van der Waals surface area (Å²) in [7, 11) is 0. The summed E-state index contributed by atoms with van der Waals surface area (Å²) in [6.07, 6.45) is -5.56. The Morgan fingerprint density at radius 3 is 2.62 bits per heavy atom. The molecule has 39 heavy (non-hydrogen) atoms. The average Bonchev–Trinajstić information content (AvgIpc) is 3.42. The second-order valence-corrected chi connectivity index (χ2v) is 10.5. The number of esters is 1. The van der Waals surface area contributed by atoms with E-state index in [0.29, 0.717) is 0 Å². The van der Waals surface area contributed by atoms with Gasteiger partial charge in [0.1, 0.15) is 48.9 Å². The minimum absolute atomic E-state index is 0.00608. The van der Waals surface area contributed by atoms with Crippen LogP contribution in [0.3, 0.4) is 0 Å². The normalized spacial score (nSPS) is 24.8. The number of aromatic nitrogens is 3.